The van der Waals surface area contributed by atoms with Crippen LogP contribution >= 0.6 is 11.8 Å². The molecule has 5 rings (SSSR count). The quantitative estimate of drug-likeness (QED) is 0.382. The van der Waals surface area contributed by atoms with Gasteiger partial charge < -0.3 is 4.74 Å². The van der Waals surface area contributed by atoms with Gasteiger partial charge in [0.05, 0.1) is 18.5 Å². The van der Waals surface area contributed by atoms with Gasteiger partial charge >= 0.3 is 17.3 Å². The number of esters is 1. The Bertz CT molecular complexity index is 1530. The maximum absolute atomic E-state index is 14.3. The number of para-hydroxylation sites is 2. The minimum Gasteiger partial charge on any atom is -0.467 e. The molecule has 0 bridgehead atoms. The number of hydrogen-bond acceptors (Lipinski definition) is 8. The molecule has 11 nitrogen and oxygen atoms in total. The van der Waals surface area contributed by atoms with E-state index in [4.69, 9.17) is 4.74 Å². The van der Waals surface area contributed by atoms with Crippen LogP contribution in [0.2, 0.25) is 0 Å². The van der Waals surface area contributed by atoms with Crippen LogP contribution in [0, 0.1) is 5.92 Å². The molecule has 0 aliphatic carbocycles. The fourth-order valence-corrected chi connectivity index (χ4v) is 5.95. The summed E-state index contributed by atoms with van der Waals surface area (Å²) in [6.45, 7) is 1.92. The lowest BCUT2D eigenvalue weighted by atomic mass is 9.84. The van der Waals surface area contributed by atoms with Crippen molar-refractivity contribution in [3.63, 3.8) is 0 Å². The Balaban J connectivity index is 1.81. The molecule has 0 saturated carbocycles. The number of anilines is 1. The van der Waals surface area contributed by atoms with Gasteiger partial charge in [0.25, 0.3) is 5.91 Å². The second-order valence-electron chi connectivity index (χ2n) is 8.52. The van der Waals surface area contributed by atoms with Crippen molar-refractivity contribution in [2.45, 2.75) is 24.9 Å². The first-order valence-corrected chi connectivity index (χ1v) is 12.6. The number of thioether (sulfide) groups is 1. The van der Waals surface area contributed by atoms with Gasteiger partial charge in [0.15, 0.2) is 6.04 Å². The van der Waals surface area contributed by atoms with E-state index in [-0.39, 0.29) is 16.4 Å². The average molecular weight is 522 g/mol. The number of nitrogens with zero attached hydrogens (tertiary/aromatic N) is 4. The van der Waals surface area contributed by atoms with Gasteiger partial charge in [-0.15, -0.1) is 11.8 Å². The highest BCUT2D eigenvalue weighted by Gasteiger charge is 2.72. The van der Waals surface area contributed by atoms with Crippen molar-refractivity contribution >= 4 is 40.3 Å². The van der Waals surface area contributed by atoms with E-state index >= 15 is 0 Å². The van der Waals surface area contributed by atoms with Crippen LogP contribution in [0.3, 0.4) is 0 Å². The van der Waals surface area contributed by atoms with E-state index in [0.29, 0.717) is 12.2 Å². The van der Waals surface area contributed by atoms with Gasteiger partial charge in [-0.3, -0.25) is 14.6 Å². The molecule has 3 atom stereocenters. The molecular formula is C25H23N5O6S. The number of aliphatic imine (C=N–C) groups is 1. The molecule has 1 N–H and O–H groups in total. The molecule has 0 radical (unpaired) electrons. The summed E-state index contributed by atoms with van der Waals surface area (Å²) < 4.78 is 6.67. The predicted molar refractivity (Wildman–Crippen MR) is 137 cm³/mol. The molecule has 0 spiro atoms. The predicted octanol–water partition coefficient (Wildman–Crippen LogP) is 1.31. The van der Waals surface area contributed by atoms with Crippen LogP contribution < -0.4 is 16.3 Å². The van der Waals surface area contributed by atoms with Gasteiger partial charge in [0.2, 0.25) is 11.4 Å². The number of amides is 2. The number of H-pyrrole nitrogens is 1. The number of carbonyl (C=O) groups is 3. The second kappa shape index (κ2) is 9.36. The van der Waals surface area contributed by atoms with Crippen molar-refractivity contribution < 1.29 is 19.1 Å². The third-order valence-electron chi connectivity index (χ3n) is 6.42. The SMILES string of the molecule is CCCSC1=N[C@H](C(=O)OC)[C@@H]2C(=O)N(c3ccccc3)C(=O)[C@]12n1[nH]c(=O)n(-c2ccccc2)c1=O. The summed E-state index contributed by atoms with van der Waals surface area (Å²) in [4.78, 5) is 73.4. The van der Waals surface area contributed by atoms with E-state index in [1.807, 2.05) is 6.92 Å². The molecule has 1 fully saturated rings. The Labute approximate surface area is 214 Å². The highest BCUT2D eigenvalue weighted by Crippen LogP contribution is 2.49. The summed E-state index contributed by atoms with van der Waals surface area (Å²) in [6.07, 6.45) is 0.689. The summed E-state index contributed by atoms with van der Waals surface area (Å²) in [5, 5.41) is 2.58. The van der Waals surface area contributed by atoms with Gasteiger partial charge in [-0.05, 0) is 36.4 Å². The number of benzene rings is 2. The van der Waals surface area contributed by atoms with Gasteiger partial charge in [-0.25, -0.2) is 33.6 Å². The minimum absolute atomic E-state index is 0.0927. The van der Waals surface area contributed by atoms with E-state index in [9.17, 15) is 24.0 Å². The summed E-state index contributed by atoms with van der Waals surface area (Å²) in [6, 6.07) is 15.0. The number of imide groups is 1. The van der Waals surface area contributed by atoms with Crippen molar-refractivity contribution in [3.05, 3.63) is 81.6 Å². The first-order chi connectivity index (χ1) is 17.9. The highest BCUT2D eigenvalue weighted by atomic mass is 32.2. The number of aromatic amines is 1. The van der Waals surface area contributed by atoms with E-state index in [1.54, 1.807) is 60.7 Å². The number of aromatic nitrogens is 3. The molecule has 2 aliphatic rings. The summed E-state index contributed by atoms with van der Waals surface area (Å²) in [7, 11) is 1.16. The Morgan fingerprint density at radius 1 is 1.03 bits per heavy atom. The number of methoxy groups -OCH3 is 1. The summed E-state index contributed by atoms with van der Waals surface area (Å²) in [5.41, 5.74) is -3.19. The third kappa shape index (κ3) is 3.50. The number of hydrogen-bond donors (Lipinski definition) is 1. The molecular weight excluding hydrogens is 498 g/mol. The minimum atomic E-state index is -2.07. The van der Waals surface area contributed by atoms with Gasteiger partial charge in [0, 0.05) is 0 Å². The van der Waals surface area contributed by atoms with E-state index < -0.39 is 46.7 Å². The lowest BCUT2D eigenvalue weighted by Gasteiger charge is -2.28. The molecule has 1 aromatic heterocycles. The molecule has 3 heterocycles. The number of rotatable bonds is 6. The molecule has 2 aliphatic heterocycles. The Morgan fingerprint density at radius 3 is 2.24 bits per heavy atom. The first kappa shape index (κ1) is 24.5. The normalized spacial score (nSPS) is 22.8. The van der Waals surface area contributed by atoms with Gasteiger partial charge in [-0.1, -0.05) is 43.3 Å². The van der Waals surface area contributed by atoms with Crippen molar-refractivity contribution in [3.8, 4) is 5.69 Å². The monoisotopic (exact) mass is 521 g/mol. The van der Waals surface area contributed by atoms with Crippen molar-refractivity contribution in [1.29, 1.82) is 0 Å². The zero-order valence-corrected chi connectivity index (χ0v) is 20.8. The molecule has 2 amide bonds. The summed E-state index contributed by atoms with van der Waals surface area (Å²) >= 11 is 1.16. The van der Waals surface area contributed by atoms with Crippen LogP contribution in [-0.2, 0) is 24.7 Å². The van der Waals surface area contributed by atoms with E-state index in [2.05, 4.69) is 10.1 Å². The molecule has 2 aromatic carbocycles. The fourth-order valence-electron chi connectivity index (χ4n) is 4.84. The van der Waals surface area contributed by atoms with Crippen LogP contribution in [0.15, 0.2) is 75.2 Å². The molecule has 3 aromatic rings. The van der Waals surface area contributed by atoms with Gasteiger partial charge in [0.1, 0.15) is 11.0 Å². The first-order valence-electron chi connectivity index (χ1n) is 11.6. The maximum Gasteiger partial charge on any atom is 0.353 e. The number of fused-ring (bicyclic) bond motifs is 1. The van der Waals surface area contributed by atoms with Crippen LogP contribution in [-0.4, -0.2) is 56.1 Å². The van der Waals surface area contributed by atoms with Crippen molar-refractivity contribution in [2.75, 3.05) is 17.8 Å². The van der Waals surface area contributed by atoms with E-state index in [0.717, 1.165) is 33.0 Å². The highest BCUT2D eigenvalue weighted by molar-refractivity contribution is 8.14. The zero-order valence-electron chi connectivity index (χ0n) is 20.0. The Hall–Kier alpha value is -4.19. The lowest BCUT2D eigenvalue weighted by molar-refractivity contribution is -0.145. The number of carbonyl (C=O) groups excluding carboxylic acids is 3. The smallest absolute Gasteiger partial charge is 0.353 e. The third-order valence-corrected chi connectivity index (χ3v) is 7.73. The van der Waals surface area contributed by atoms with E-state index in [1.165, 1.54) is 0 Å². The zero-order chi connectivity index (χ0) is 26.3. The molecule has 37 heavy (non-hydrogen) atoms. The topological polar surface area (TPSA) is 136 Å². The Kier molecular flexibility index (Phi) is 6.20. The van der Waals surface area contributed by atoms with Crippen LogP contribution in [0.25, 0.3) is 5.69 Å². The average Bonchev–Trinajstić information content (AvgIpc) is 3.49. The van der Waals surface area contributed by atoms with Crippen molar-refractivity contribution in [2.24, 2.45) is 10.9 Å². The largest absolute Gasteiger partial charge is 0.467 e. The van der Waals surface area contributed by atoms with Crippen molar-refractivity contribution in [1.82, 2.24) is 14.3 Å². The second-order valence-corrected chi connectivity index (χ2v) is 9.60. The van der Waals surface area contributed by atoms with Crippen LogP contribution in [0.4, 0.5) is 5.69 Å². The summed E-state index contributed by atoms with van der Waals surface area (Å²) in [5.74, 6) is -3.28. The van der Waals surface area contributed by atoms with Crippen LogP contribution in [0.5, 0.6) is 0 Å². The standard InChI is InChI=1S/C25H23N5O6S/c1-3-14-37-21-25(30-24(35)29(23(34)27-30)16-12-8-5-9-13-16)17(18(26-21)20(32)36-2)19(31)28(22(25)33)15-10-6-4-7-11-15/h4-13,17-18H,3,14H2,1-2H3,(H,27,34)/t17-,18+,25-/m1/s1. The lowest BCUT2D eigenvalue weighted by Crippen LogP contribution is -2.55. The van der Waals surface area contributed by atoms with Crippen LogP contribution in [0.1, 0.15) is 13.3 Å². The molecule has 0 unspecified atom stereocenters. The molecule has 12 heteroatoms. The van der Waals surface area contributed by atoms with Gasteiger partial charge in [-0.2, -0.15) is 0 Å². The fraction of sp³-hybridized carbons (Fsp3) is 0.280. The Morgan fingerprint density at radius 2 is 1.65 bits per heavy atom. The number of ether oxygens (including phenoxy) is 1. The molecule has 1 saturated heterocycles. The maximum atomic E-state index is 14.3. The molecule has 190 valence electrons. The number of nitrogens with one attached hydrogen (secondary N) is 1.